The van der Waals surface area contributed by atoms with Crippen LogP contribution in [0.3, 0.4) is 0 Å². The summed E-state index contributed by atoms with van der Waals surface area (Å²) >= 11 is 0. The van der Waals surface area contributed by atoms with Crippen LogP contribution in [0.5, 0.6) is 0 Å². The van der Waals surface area contributed by atoms with E-state index in [4.69, 9.17) is 0 Å². The monoisotopic (exact) mass is 251 g/mol. The molecule has 1 saturated carbocycles. The van der Waals surface area contributed by atoms with E-state index in [0.717, 1.165) is 32.5 Å². The maximum absolute atomic E-state index is 12.6. The van der Waals surface area contributed by atoms with E-state index in [9.17, 15) is 4.79 Å². The number of likely N-dealkylation sites (N-methyl/N-ethyl adjacent to an activating group) is 1. The van der Waals surface area contributed by atoms with Crippen molar-refractivity contribution in [3.8, 4) is 0 Å². The van der Waals surface area contributed by atoms with Gasteiger partial charge in [0.1, 0.15) is 0 Å². The number of piperidine rings is 1. The van der Waals surface area contributed by atoms with Crippen molar-refractivity contribution in [2.24, 2.45) is 0 Å². The fourth-order valence-electron chi connectivity index (χ4n) is 4.09. The number of carbonyl (C=O) groups is 1. The van der Waals surface area contributed by atoms with Crippen molar-refractivity contribution in [3.05, 3.63) is 0 Å². The first-order valence-corrected chi connectivity index (χ1v) is 7.62. The predicted molar refractivity (Wildman–Crippen MR) is 71.6 cm³/mol. The summed E-state index contributed by atoms with van der Waals surface area (Å²) in [6.45, 7) is 5.13. The summed E-state index contributed by atoms with van der Waals surface area (Å²) in [4.78, 5) is 17.0. The van der Waals surface area contributed by atoms with Crippen LogP contribution in [-0.2, 0) is 0 Å². The number of urea groups is 1. The van der Waals surface area contributed by atoms with Gasteiger partial charge < -0.3 is 15.1 Å². The molecule has 2 saturated heterocycles. The summed E-state index contributed by atoms with van der Waals surface area (Å²) < 4.78 is 0. The topological polar surface area (TPSA) is 35.6 Å². The first-order valence-electron chi connectivity index (χ1n) is 7.62. The van der Waals surface area contributed by atoms with Gasteiger partial charge in [-0.15, -0.1) is 0 Å². The smallest absolute Gasteiger partial charge is 0.320 e. The standard InChI is InChI=1S/C14H25N3O/c1-2-16-12-5-3-4-6-13(12)17(14(16)18)11-7-9-15-10-8-11/h11-13,15H,2-10H2,1H3. The van der Waals surface area contributed by atoms with Crippen LogP contribution in [0.4, 0.5) is 4.79 Å². The number of amides is 2. The second kappa shape index (κ2) is 5.08. The van der Waals surface area contributed by atoms with Crippen molar-refractivity contribution in [1.82, 2.24) is 15.1 Å². The molecule has 0 radical (unpaired) electrons. The Kier molecular flexibility index (Phi) is 3.46. The van der Waals surface area contributed by atoms with Crippen molar-refractivity contribution < 1.29 is 4.79 Å². The molecule has 1 N–H and O–H groups in total. The van der Waals surface area contributed by atoms with E-state index in [0.29, 0.717) is 24.2 Å². The Hall–Kier alpha value is -0.770. The van der Waals surface area contributed by atoms with Crippen LogP contribution in [0.15, 0.2) is 0 Å². The fraction of sp³-hybridized carbons (Fsp3) is 0.929. The number of carbonyl (C=O) groups excluding carboxylic acids is 1. The number of rotatable bonds is 2. The van der Waals surface area contributed by atoms with Crippen molar-refractivity contribution in [2.75, 3.05) is 19.6 Å². The van der Waals surface area contributed by atoms with E-state index in [1.807, 2.05) is 0 Å². The summed E-state index contributed by atoms with van der Waals surface area (Å²) in [5.74, 6) is 0. The van der Waals surface area contributed by atoms with Gasteiger partial charge in [-0.1, -0.05) is 12.8 Å². The highest BCUT2D eigenvalue weighted by atomic mass is 16.2. The summed E-state index contributed by atoms with van der Waals surface area (Å²) in [5, 5.41) is 3.40. The van der Waals surface area contributed by atoms with Crippen LogP contribution in [0.1, 0.15) is 45.4 Å². The highest BCUT2D eigenvalue weighted by molar-refractivity contribution is 5.78. The second-order valence-corrected chi connectivity index (χ2v) is 5.88. The molecule has 4 heteroatoms. The number of nitrogens with one attached hydrogen (secondary N) is 1. The summed E-state index contributed by atoms with van der Waals surface area (Å²) in [6.07, 6.45) is 7.29. The van der Waals surface area contributed by atoms with E-state index < -0.39 is 0 Å². The average Bonchev–Trinajstić information content (AvgIpc) is 2.71. The Balaban J connectivity index is 1.81. The third-order valence-corrected chi connectivity index (χ3v) is 4.96. The minimum absolute atomic E-state index is 0.321. The molecule has 18 heavy (non-hydrogen) atoms. The Morgan fingerprint density at radius 3 is 2.44 bits per heavy atom. The van der Waals surface area contributed by atoms with E-state index >= 15 is 0 Å². The Morgan fingerprint density at radius 1 is 1.11 bits per heavy atom. The summed E-state index contributed by atoms with van der Waals surface area (Å²) in [7, 11) is 0. The van der Waals surface area contributed by atoms with Gasteiger partial charge in [-0.2, -0.15) is 0 Å². The van der Waals surface area contributed by atoms with Gasteiger partial charge in [0, 0.05) is 12.6 Å². The van der Waals surface area contributed by atoms with E-state index in [1.54, 1.807) is 0 Å². The molecule has 1 aliphatic carbocycles. The molecule has 3 rings (SSSR count). The largest absolute Gasteiger partial charge is 0.320 e. The molecule has 0 spiro atoms. The number of hydrogen-bond donors (Lipinski definition) is 1. The molecule has 2 heterocycles. The van der Waals surface area contributed by atoms with Crippen molar-refractivity contribution >= 4 is 6.03 Å². The van der Waals surface area contributed by atoms with E-state index in [2.05, 4.69) is 22.0 Å². The van der Waals surface area contributed by atoms with Crippen LogP contribution >= 0.6 is 0 Å². The maximum Gasteiger partial charge on any atom is 0.320 e. The zero-order chi connectivity index (χ0) is 12.5. The molecular weight excluding hydrogens is 226 g/mol. The zero-order valence-electron chi connectivity index (χ0n) is 11.4. The van der Waals surface area contributed by atoms with E-state index in [-0.39, 0.29) is 0 Å². The molecule has 2 amide bonds. The molecule has 2 unspecified atom stereocenters. The molecule has 0 aromatic heterocycles. The van der Waals surface area contributed by atoms with Gasteiger partial charge in [-0.05, 0) is 45.7 Å². The van der Waals surface area contributed by atoms with Gasteiger partial charge in [0.15, 0.2) is 0 Å². The third-order valence-electron chi connectivity index (χ3n) is 4.96. The van der Waals surface area contributed by atoms with Gasteiger partial charge in [0.2, 0.25) is 0 Å². The number of nitrogens with zero attached hydrogens (tertiary/aromatic N) is 2. The van der Waals surface area contributed by atoms with Crippen molar-refractivity contribution in [2.45, 2.75) is 63.6 Å². The highest BCUT2D eigenvalue weighted by Crippen LogP contribution is 2.36. The third kappa shape index (κ3) is 1.91. The Morgan fingerprint density at radius 2 is 1.78 bits per heavy atom. The lowest BCUT2D eigenvalue weighted by molar-refractivity contribution is 0.138. The molecule has 2 aliphatic heterocycles. The average molecular weight is 251 g/mol. The quantitative estimate of drug-likeness (QED) is 0.812. The SMILES string of the molecule is CCN1C(=O)N(C2CCNCC2)C2CCCCC21. The maximum atomic E-state index is 12.6. The molecule has 4 nitrogen and oxygen atoms in total. The Bertz CT molecular complexity index is 314. The van der Waals surface area contributed by atoms with Gasteiger partial charge >= 0.3 is 6.03 Å². The number of hydrogen-bond acceptors (Lipinski definition) is 2. The zero-order valence-corrected chi connectivity index (χ0v) is 11.4. The normalized spacial score (nSPS) is 33.9. The highest BCUT2D eigenvalue weighted by Gasteiger charge is 2.48. The van der Waals surface area contributed by atoms with Crippen LogP contribution in [-0.4, -0.2) is 53.6 Å². The molecule has 0 aromatic carbocycles. The second-order valence-electron chi connectivity index (χ2n) is 5.88. The van der Waals surface area contributed by atoms with Crippen molar-refractivity contribution in [1.29, 1.82) is 0 Å². The minimum Gasteiger partial charge on any atom is -0.320 e. The molecule has 2 atom stereocenters. The van der Waals surface area contributed by atoms with Crippen LogP contribution in [0.2, 0.25) is 0 Å². The minimum atomic E-state index is 0.321. The first-order chi connectivity index (χ1) is 8.83. The summed E-state index contributed by atoms with van der Waals surface area (Å²) in [5.41, 5.74) is 0. The van der Waals surface area contributed by atoms with Crippen LogP contribution in [0, 0.1) is 0 Å². The fourth-order valence-corrected chi connectivity index (χ4v) is 4.09. The van der Waals surface area contributed by atoms with Crippen LogP contribution < -0.4 is 5.32 Å². The van der Waals surface area contributed by atoms with Crippen LogP contribution in [0.25, 0.3) is 0 Å². The molecule has 3 fully saturated rings. The van der Waals surface area contributed by atoms with Gasteiger partial charge in [0.25, 0.3) is 0 Å². The predicted octanol–water partition coefficient (Wildman–Crippen LogP) is 1.81. The van der Waals surface area contributed by atoms with Gasteiger partial charge in [0.05, 0.1) is 12.1 Å². The molecular formula is C14H25N3O. The van der Waals surface area contributed by atoms with Gasteiger partial charge in [-0.25, -0.2) is 4.79 Å². The number of fused-ring (bicyclic) bond motifs is 1. The first kappa shape index (κ1) is 12.3. The lowest BCUT2D eigenvalue weighted by atomic mass is 9.89. The Labute approximate surface area is 110 Å². The molecule has 3 aliphatic rings. The lowest BCUT2D eigenvalue weighted by Crippen LogP contribution is -2.49. The molecule has 0 bridgehead atoms. The molecule has 0 aromatic rings. The van der Waals surface area contributed by atoms with Crippen molar-refractivity contribution in [3.63, 3.8) is 0 Å². The lowest BCUT2D eigenvalue weighted by Gasteiger charge is -2.37. The summed E-state index contributed by atoms with van der Waals surface area (Å²) in [6, 6.07) is 1.82. The van der Waals surface area contributed by atoms with Gasteiger partial charge in [-0.3, -0.25) is 0 Å². The molecule has 102 valence electrons. The van der Waals surface area contributed by atoms with E-state index in [1.165, 1.54) is 25.7 Å².